The summed E-state index contributed by atoms with van der Waals surface area (Å²) in [5, 5.41) is 4.50. The maximum absolute atomic E-state index is 5.09. The quantitative estimate of drug-likeness (QED) is 0.753. The first-order valence-corrected chi connectivity index (χ1v) is 5.24. The number of ether oxygens (including phenoxy) is 1. The summed E-state index contributed by atoms with van der Waals surface area (Å²) in [6.45, 7) is 0.715. The lowest BCUT2D eigenvalue weighted by atomic mass is 10.2. The van der Waals surface area contributed by atoms with Crippen molar-refractivity contribution in [2.45, 2.75) is 6.54 Å². The lowest BCUT2D eigenvalue weighted by Gasteiger charge is -2.21. The van der Waals surface area contributed by atoms with Crippen LogP contribution >= 0.6 is 0 Å². The van der Waals surface area contributed by atoms with Crippen molar-refractivity contribution in [1.82, 2.24) is 0 Å². The van der Waals surface area contributed by atoms with Gasteiger partial charge in [0.25, 0.3) is 0 Å². The molecule has 0 aromatic heterocycles. The third-order valence-corrected chi connectivity index (χ3v) is 2.36. The van der Waals surface area contributed by atoms with E-state index in [2.05, 4.69) is 17.4 Å². The van der Waals surface area contributed by atoms with E-state index in [1.165, 1.54) is 5.56 Å². The van der Waals surface area contributed by atoms with E-state index < -0.39 is 0 Å². The largest absolute Gasteiger partial charge is 0.681 e. The van der Waals surface area contributed by atoms with Gasteiger partial charge < -0.3 is 10.1 Å². The molecule has 0 spiro atoms. The van der Waals surface area contributed by atoms with Gasteiger partial charge >= 0.3 is 0 Å². The van der Waals surface area contributed by atoms with Gasteiger partial charge in [0.05, 0.1) is 7.11 Å². The molecule has 0 aliphatic heterocycles. The smallest absolute Gasteiger partial charge is 0.118 e. The Morgan fingerprint density at radius 1 is 0.938 bits per heavy atom. The van der Waals surface area contributed by atoms with Crippen molar-refractivity contribution in [2.24, 2.45) is 0 Å². The van der Waals surface area contributed by atoms with Crippen molar-refractivity contribution in [3.63, 3.8) is 0 Å². The Morgan fingerprint density at radius 3 is 2.25 bits per heavy atom. The average Bonchev–Trinajstić information content (AvgIpc) is 2.38. The fourth-order valence-electron chi connectivity index (χ4n) is 1.45. The monoisotopic (exact) mass is 212 g/mol. The first-order valence-electron chi connectivity index (χ1n) is 5.24. The van der Waals surface area contributed by atoms with Crippen LogP contribution in [0, 0.1) is 0 Å². The van der Waals surface area contributed by atoms with Crippen LogP contribution < -0.4 is 4.74 Å². The molecule has 0 saturated carbocycles. The number of nitrogens with zero attached hydrogens (tertiary/aromatic N) is 1. The first kappa shape index (κ1) is 10.6. The molecule has 0 amide bonds. The van der Waals surface area contributed by atoms with Gasteiger partial charge in [0.1, 0.15) is 5.75 Å². The Hall–Kier alpha value is -1.96. The van der Waals surface area contributed by atoms with Gasteiger partial charge in [-0.25, -0.2) is 0 Å². The van der Waals surface area contributed by atoms with E-state index >= 15 is 0 Å². The second-order valence-electron chi connectivity index (χ2n) is 3.50. The van der Waals surface area contributed by atoms with Gasteiger partial charge in [0.15, 0.2) is 0 Å². The molecule has 0 N–H and O–H groups in total. The summed E-state index contributed by atoms with van der Waals surface area (Å²) >= 11 is 0. The molecule has 0 radical (unpaired) electrons. The summed E-state index contributed by atoms with van der Waals surface area (Å²) in [6, 6.07) is 18.0. The van der Waals surface area contributed by atoms with Crippen LogP contribution in [0.2, 0.25) is 0 Å². The highest BCUT2D eigenvalue weighted by Crippen LogP contribution is 2.23. The van der Waals surface area contributed by atoms with Gasteiger partial charge in [-0.2, -0.15) is 0 Å². The first-order chi connectivity index (χ1) is 7.88. The zero-order valence-electron chi connectivity index (χ0n) is 9.26. The van der Waals surface area contributed by atoms with E-state index in [1.54, 1.807) is 7.11 Å². The van der Waals surface area contributed by atoms with Crippen LogP contribution in [0.15, 0.2) is 54.6 Å². The Balaban J connectivity index is 1.94. The number of hydrogen-bond donors (Lipinski definition) is 0. The van der Waals surface area contributed by atoms with Gasteiger partial charge in [0, 0.05) is 0 Å². The lowest BCUT2D eigenvalue weighted by molar-refractivity contribution is 0.415. The third-order valence-electron chi connectivity index (χ3n) is 2.36. The molecule has 0 saturated heterocycles. The summed E-state index contributed by atoms with van der Waals surface area (Å²) in [7, 11) is 1.66. The van der Waals surface area contributed by atoms with Gasteiger partial charge in [-0.15, -0.1) is 12.2 Å². The molecule has 2 nitrogen and oxygen atoms in total. The van der Waals surface area contributed by atoms with E-state index in [4.69, 9.17) is 4.74 Å². The lowest BCUT2D eigenvalue weighted by Crippen LogP contribution is -1.82. The highest BCUT2D eigenvalue weighted by atomic mass is 16.5. The van der Waals surface area contributed by atoms with Crippen molar-refractivity contribution in [3.8, 4) is 5.75 Å². The molecule has 2 aromatic carbocycles. The highest BCUT2D eigenvalue weighted by molar-refractivity contribution is 5.51. The van der Waals surface area contributed by atoms with Gasteiger partial charge in [0.2, 0.25) is 0 Å². The molecule has 0 atom stereocenters. The van der Waals surface area contributed by atoms with E-state index in [-0.39, 0.29) is 0 Å². The van der Waals surface area contributed by atoms with E-state index in [9.17, 15) is 0 Å². The van der Waals surface area contributed by atoms with Gasteiger partial charge in [-0.1, -0.05) is 48.0 Å². The summed E-state index contributed by atoms with van der Waals surface area (Å²) in [5.41, 5.74) is 2.20. The summed E-state index contributed by atoms with van der Waals surface area (Å²) in [6.07, 6.45) is 0. The molecular weight excluding hydrogens is 198 g/mol. The summed E-state index contributed by atoms with van der Waals surface area (Å²) in [4.78, 5) is 0. The maximum Gasteiger partial charge on any atom is 0.118 e. The molecule has 16 heavy (non-hydrogen) atoms. The van der Waals surface area contributed by atoms with Crippen molar-refractivity contribution in [3.05, 3.63) is 65.5 Å². The minimum Gasteiger partial charge on any atom is -0.681 e. The molecule has 2 heteroatoms. The molecule has 0 fully saturated rings. The van der Waals surface area contributed by atoms with E-state index in [0.29, 0.717) is 6.54 Å². The van der Waals surface area contributed by atoms with Crippen LogP contribution in [0.25, 0.3) is 5.32 Å². The van der Waals surface area contributed by atoms with Crippen LogP contribution in [0.3, 0.4) is 0 Å². The predicted molar refractivity (Wildman–Crippen MR) is 66.2 cm³/mol. The molecule has 0 bridgehead atoms. The number of benzene rings is 2. The van der Waals surface area contributed by atoms with Crippen LogP contribution in [0.5, 0.6) is 5.75 Å². The minimum absolute atomic E-state index is 0.715. The minimum atomic E-state index is 0.715. The third kappa shape index (κ3) is 2.76. The Labute approximate surface area is 95.9 Å². The zero-order valence-corrected chi connectivity index (χ0v) is 9.26. The van der Waals surface area contributed by atoms with E-state index in [1.807, 2.05) is 42.5 Å². The number of rotatable bonds is 4. The predicted octanol–water partition coefficient (Wildman–Crippen LogP) is 3.90. The Bertz CT molecular complexity index is 422. The van der Waals surface area contributed by atoms with Crippen LogP contribution in [-0.4, -0.2) is 7.11 Å². The zero-order chi connectivity index (χ0) is 11.2. The molecule has 0 aliphatic rings. The molecule has 2 rings (SSSR count). The highest BCUT2D eigenvalue weighted by Gasteiger charge is 1.87. The topological polar surface area (TPSA) is 23.3 Å². The van der Waals surface area contributed by atoms with Crippen LogP contribution in [0.4, 0.5) is 5.69 Å². The molecule has 82 valence electrons. The molecule has 0 unspecified atom stereocenters. The Kier molecular flexibility index (Phi) is 3.44. The van der Waals surface area contributed by atoms with Crippen molar-refractivity contribution < 1.29 is 4.74 Å². The van der Waals surface area contributed by atoms with Gasteiger partial charge in [-0.3, -0.25) is 0 Å². The second-order valence-corrected chi connectivity index (χ2v) is 3.50. The maximum atomic E-state index is 5.09. The molecule has 2 aromatic rings. The Morgan fingerprint density at radius 2 is 1.62 bits per heavy atom. The number of methoxy groups -OCH3 is 1. The number of hydrogen-bond acceptors (Lipinski definition) is 1. The van der Waals surface area contributed by atoms with Gasteiger partial charge in [-0.05, 0) is 12.1 Å². The summed E-state index contributed by atoms with van der Waals surface area (Å²) in [5.74, 6) is 0.860. The van der Waals surface area contributed by atoms with Crippen LogP contribution in [0.1, 0.15) is 5.56 Å². The van der Waals surface area contributed by atoms with Crippen molar-refractivity contribution in [1.29, 1.82) is 0 Å². The summed E-state index contributed by atoms with van der Waals surface area (Å²) < 4.78 is 5.09. The fraction of sp³-hybridized carbons (Fsp3) is 0.143. The average molecular weight is 212 g/mol. The van der Waals surface area contributed by atoms with Crippen LogP contribution in [-0.2, 0) is 6.54 Å². The van der Waals surface area contributed by atoms with E-state index in [0.717, 1.165) is 11.4 Å². The van der Waals surface area contributed by atoms with Crippen molar-refractivity contribution in [2.75, 3.05) is 7.11 Å². The van der Waals surface area contributed by atoms with Crippen molar-refractivity contribution >= 4 is 5.69 Å². The standard InChI is InChI=1S/C14H14NO/c1-16-14-9-7-13(8-10-14)15-11-12-5-3-2-4-6-12/h2-10H,11H2,1H3/q-1. The molecule has 0 heterocycles. The molecule has 0 aliphatic carbocycles. The second kappa shape index (κ2) is 5.21. The molecular formula is C14H14NO-. The fourth-order valence-corrected chi connectivity index (χ4v) is 1.45. The normalized spacial score (nSPS) is 9.81. The SMILES string of the molecule is COc1ccc([N-]Cc2ccccc2)cc1.